The average molecular weight is 248 g/mol. The lowest BCUT2D eigenvalue weighted by atomic mass is 9.98. The number of carbonyl (C=O) groups is 1. The van der Waals surface area contributed by atoms with Gasteiger partial charge < -0.3 is 14.6 Å². The summed E-state index contributed by atoms with van der Waals surface area (Å²) in [6.45, 7) is 3.05. The topological polar surface area (TPSA) is 45.5 Å². The minimum atomic E-state index is 0.136. The number of furan rings is 1. The molecular formula is C14H20N2O2. The van der Waals surface area contributed by atoms with Crippen LogP contribution in [-0.4, -0.2) is 36.5 Å². The molecule has 1 amide bonds. The number of rotatable bonds is 4. The molecule has 2 fully saturated rings. The molecule has 4 nitrogen and oxygen atoms in total. The third kappa shape index (κ3) is 2.58. The summed E-state index contributed by atoms with van der Waals surface area (Å²) in [5, 5.41) is 3.42. The summed E-state index contributed by atoms with van der Waals surface area (Å²) in [5.74, 6) is 0.743. The van der Waals surface area contributed by atoms with Crippen molar-refractivity contribution in [1.29, 1.82) is 0 Å². The molecule has 1 saturated heterocycles. The van der Waals surface area contributed by atoms with E-state index in [1.807, 2.05) is 0 Å². The molecule has 0 aromatic carbocycles. The maximum absolute atomic E-state index is 12.4. The molecule has 1 saturated carbocycles. The van der Waals surface area contributed by atoms with Gasteiger partial charge >= 0.3 is 0 Å². The Hall–Kier alpha value is -1.29. The third-order valence-electron chi connectivity index (χ3n) is 3.87. The van der Waals surface area contributed by atoms with E-state index in [0.717, 1.165) is 32.5 Å². The molecule has 0 bridgehead atoms. The number of hydrogen-bond donors (Lipinski definition) is 1. The average Bonchev–Trinajstić information content (AvgIpc) is 3.10. The lowest BCUT2D eigenvalue weighted by Crippen LogP contribution is -2.42. The first-order chi connectivity index (χ1) is 8.84. The van der Waals surface area contributed by atoms with Gasteiger partial charge in [-0.2, -0.15) is 0 Å². The molecule has 4 heteroatoms. The van der Waals surface area contributed by atoms with Crippen molar-refractivity contribution in [1.82, 2.24) is 10.2 Å². The van der Waals surface area contributed by atoms with E-state index in [1.165, 1.54) is 12.8 Å². The van der Waals surface area contributed by atoms with Crippen molar-refractivity contribution >= 4 is 5.91 Å². The smallest absolute Gasteiger partial charge is 0.257 e. The Balaban J connectivity index is 1.66. The van der Waals surface area contributed by atoms with Crippen LogP contribution in [0.3, 0.4) is 0 Å². The van der Waals surface area contributed by atoms with Gasteiger partial charge in [0.25, 0.3) is 5.91 Å². The molecule has 1 atom stereocenters. The highest BCUT2D eigenvalue weighted by Crippen LogP contribution is 2.30. The molecule has 0 spiro atoms. The zero-order valence-electron chi connectivity index (χ0n) is 10.6. The first-order valence-corrected chi connectivity index (χ1v) is 6.88. The Kier molecular flexibility index (Phi) is 3.37. The van der Waals surface area contributed by atoms with Crippen LogP contribution in [0.15, 0.2) is 23.0 Å². The SMILES string of the molecule is O=C(c1ccoc1)N(CC1CCCNC1)C1CC1. The number of piperidine rings is 1. The van der Waals surface area contributed by atoms with E-state index in [4.69, 9.17) is 4.42 Å². The van der Waals surface area contributed by atoms with Gasteiger partial charge in [0, 0.05) is 12.6 Å². The number of hydrogen-bond acceptors (Lipinski definition) is 3. The molecular weight excluding hydrogens is 228 g/mol. The van der Waals surface area contributed by atoms with E-state index in [1.54, 1.807) is 18.6 Å². The number of carbonyl (C=O) groups excluding carboxylic acids is 1. The minimum Gasteiger partial charge on any atom is -0.472 e. The van der Waals surface area contributed by atoms with Crippen LogP contribution < -0.4 is 5.32 Å². The van der Waals surface area contributed by atoms with Gasteiger partial charge in [0.2, 0.25) is 0 Å². The summed E-state index contributed by atoms with van der Waals surface area (Å²) in [5.41, 5.74) is 0.686. The predicted molar refractivity (Wildman–Crippen MR) is 68.4 cm³/mol. The van der Waals surface area contributed by atoms with Crippen LogP contribution in [0.1, 0.15) is 36.0 Å². The Morgan fingerprint density at radius 3 is 2.94 bits per heavy atom. The van der Waals surface area contributed by atoms with Crippen LogP contribution in [0.2, 0.25) is 0 Å². The summed E-state index contributed by atoms with van der Waals surface area (Å²) in [6.07, 6.45) is 7.89. The van der Waals surface area contributed by atoms with Crippen molar-refractivity contribution in [3.05, 3.63) is 24.2 Å². The highest BCUT2D eigenvalue weighted by atomic mass is 16.3. The fourth-order valence-corrected chi connectivity index (χ4v) is 2.69. The second-order valence-electron chi connectivity index (χ2n) is 5.41. The van der Waals surface area contributed by atoms with E-state index >= 15 is 0 Å². The summed E-state index contributed by atoms with van der Waals surface area (Å²) in [4.78, 5) is 14.5. The van der Waals surface area contributed by atoms with Gasteiger partial charge in [-0.25, -0.2) is 0 Å². The summed E-state index contributed by atoms with van der Waals surface area (Å²) < 4.78 is 5.02. The van der Waals surface area contributed by atoms with Crippen molar-refractivity contribution in [2.45, 2.75) is 31.7 Å². The first kappa shape index (κ1) is 11.8. The molecule has 18 heavy (non-hydrogen) atoms. The van der Waals surface area contributed by atoms with Crippen LogP contribution in [0.25, 0.3) is 0 Å². The van der Waals surface area contributed by atoms with E-state index in [2.05, 4.69) is 10.2 Å². The maximum Gasteiger partial charge on any atom is 0.257 e. The number of nitrogens with zero attached hydrogens (tertiary/aromatic N) is 1. The van der Waals surface area contributed by atoms with Crippen molar-refractivity contribution in [2.75, 3.05) is 19.6 Å². The molecule has 1 aliphatic carbocycles. The minimum absolute atomic E-state index is 0.136. The van der Waals surface area contributed by atoms with E-state index in [-0.39, 0.29) is 5.91 Å². The highest BCUT2D eigenvalue weighted by molar-refractivity contribution is 5.94. The monoisotopic (exact) mass is 248 g/mol. The maximum atomic E-state index is 12.4. The highest BCUT2D eigenvalue weighted by Gasteiger charge is 2.34. The Morgan fingerprint density at radius 2 is 2.33 bits per heavy atom. The van der Waals surface area contributed by atoms with E-state index in [9.17, 15) is 4.79 Å². The molecule has 98 valence electrons. The summed E-state index contributed by atoms with van der Waals surface area (Å²) >= 11 is 0. The summed E-state index contributed by atoms with van der Waals surface area (Å²) in [7, 11) is 0. The van der Waals surface area contributed by atoms with Gasteiger partial charge in [0.1, 0.15) is 6.26 Å². The molecule has 3 rings (SSSR count). The molecule has 1 aromatic heterocycles. The zero-order valence-corrected chi connectivity index (χ0v) is 10.6. The van der Waals surface area contributed by atoms with Crippen molar-refractivity contribution in [3.8, 4) is 0 Å². The largest absolute Gasteiger partial charge is 0.472 e. The summed E-state index contributed by atoms with van der Waals surface area (Å²) in [6, 6.07) is 2.23. The second kappa shape index (κ2) is 5.14. The van der Waals surface area contributed by atoms with Crippen LogP contribution in [0.4, 0.5) is 0 Å². The lowest BCUT2D eigenvalue weighted by molar-refractivity contribution is 0.0703. The van der Waals surface area contributed by atoms with Crippen molar-refractivity contribution in [2.24, 2.45) is 5.92 Å². The fraction of sp³-hybridized carbons (Fsp3) is 0.643. The van der Waals surface area contributed by atoms with Gasteiger partial charge in [0.05, 0.1) is 11.8 Å². The number of amides is 1. The van der Waals surface area contributed by atoms with Gasteiger partial charge in [-0.15, -0.1) is 0 Å². The van der Waals surface area contributed by atoms with Crippen molar-refractivity contribution < 1.29 is 9.21 Å². The van der Waals surface area contributed by atoms with Gasteiger partial charge in [0.15, 0.2) is 0 Å². The molecule has 2 aliphatic rings. The lowest BCUT2D eigenvalue weighted by Gasteiger charge is -2.30. The van der Waals surface area contributed by atoms with Crippen LogP contribution >= 0.6 is 0 Å². The quantitative estimate of drug-likeness (QED) is 0.885. The molecule has 0 radical (unpaired) electrons. The Bertz CT molecular complexity index is 392. The fourth-order valence-electron chi connectivity index (χ4n) is 2.69. The first-order valence-electron chi connectivity index (χ1n) is 6.88. The Labute approximate surface area is 107 Å². The third-order valence-corrected chi connectivity index (χ3v) is 3.87. The molecule has 2 heterocycles. The van der Waals surface area contributed by atoms with Gasteiger partial charge in [-0.3, -0.25) is 4.79 Å². The predicted octanol–water partition coefficient (Wildman–Crippen LogP) is 1.88. The van der Waals surface area contributed by atoms with Gasteiger partial charge in [-0.1, -0.05) is 0 Å². The Morgan fingerprint density at radius 1 is 1.44 bits per heavy atom. The van der Waals surface area contributed by atoms with E-state index < -0.39 is 0 Å². The van der Waals surface area contributed by atoms with Crippen LogP contribution in [0.5, 0.6) is 0 Å². The van der Waals surface area contributed by atoms with E-state index in [0.29, 0.717) is 17.5 Å². The van der Waals surface area contributed by atoms with Gasteiger partial charge in [-0.05, 0) is 50.8 Å². The zero-order chi connectivity index (χ0) is 12.4. The van der Waals surface area contributed by atoms with Crippen LogP contribution in [-0.2, 0) is 0 Å². The van der Waals surface area contributed by atoms with Crippen molar-refractivity contribution in [3.63, 3.8) is 0 Å². The molecule has 1 aliphatic heterocycles. The molecule has 1 aromatic rings. The molecule has 1 N–H and O–H groups in total. The second-order valence-corrected chi connectivity index (χ2v) is 5.41. The van der Waals surface area contributed by atoms with Crippen LogP contribution in [0, 0.1) is 5.92 Å². The number of nitrogens with one attached hydrogen (secondary N) is 1. The normalized spacial score (nSPS) is 23.9. The standard InChI is InChI=1S/C14H20N2O2/c17-14(12-5-7-18-10-12)16(13-3-4-13)9-11-2-1-6-15-8-11/h5,7,10-11,13,15H,1-4,6,8-9H2. The molecule has 1 unspecified atom stereocenters.